The van der Waals surface area contributed by atoms with E-state index >= 15 is 0 Å². The SMILES string of the molecule is C[C@@H](c1ccc(S(C)(=O)=O)cc1)N1CCC(n2cncn2)CC1. The Hall–Kier alpha value is -1.73. The molecule has 1 aromatic carbocycles. The number of sulfone groups is 1. The van der Waals surface area contributed by atoms with Gasteiger partial charge in [0.1, 0.15) is 12.7 Å². The Labute approximate surface area is 137 Å². The molecule has 2 heterocycles. The molecule has 0 spiro atoms. The highest BCUT2D eigenvalue weighted by Crippen LogP contribution is 2.28. The van der Waals surface area contributed by atoms with Gasteiger partial charge < -0.3 is 0 Å². The third-order valence-corrected chi connectivity index (χ3v) is 5.78. The summed E-state index contributed by atoms with van der Waals surface area (Å²) in [7, 11) is -3.13. The van der Waals surface area contributed by atoms with Gasteiger partial charge in [-0.15, -0.1) is 0 Å². The van der Waals surface area contributed by atoms with Crippen LogP contribution in [-0.2, 0) is 9.84 Å². The highest BCUT2D eigenvalue weighted by atomic mass is 32.2. The van der Waals surface area contributed by atoms with Gasteiger partial charge >= 0.3 is 0 Å². The molecule has 6 nitrogen and oxygen atoms in total. The van der Waals surface area contributed by atoms with Crippen molar-refractivity contribution in [1.29, 1.82) is 0 Å². The minimum absolute atomic E-state index is 0.278. The molecule has 2 aromatic rings. The van der Waals surface area contributed by atoms with Crippen LogP contribution >= 0.6 is 0 Å². The largest absolute Gasteiger partial charge is 0.296 e. The van der Waals surface area contributed by atoms with E-state index in [1.54, 1.807) is 24.8 Å². The van der Waals surface area contributed by atoms with E-state index in [9.17, 15) is 8.42 Å². The molecule has 0 amide bonds. The Bertz CT molecular complexity index is 733. The number of piperidine rings is 1. The van der Waals surface area contributed by atoms with Crippen LogP contribution in [0, 0.1) is 0 Å². The first-order chi connectivity index (χ1) is 10.9. The van der Waals surface area contributed by atoms with E-state index in [0.29, 0.717) is 10.9 Å². The molecule has 0 N–H and O–H groups in total. The molecule has 0 aliphatic carbocycles. The average Bonchev–Trinajstić information content (AvgIpc) is 3.08. The van der Waals surface area contributed by atoms with E-state index in [0.717, 1.165) is 31.5 Å². The third-order valence-electron chi connectivity index (χ3n) is 4.65. The van der Waals surface area contributed by atoms with Gasteiger partial charge in [-0.2, -0.15) is 5.10 Å². The van der Waals surface area contributed by atoms with Gasteiger partial charge in [0.25, 0.3) is 0 Å². The molecule has 1 aliphatic rings. The number of hydrogen-bond donors (Lipinski definition) is 0. The zero-order chi connectivity index (χ0) is 16.4. The molecule has 0 saturated carbocycles. The molecule has 3 rings (SSSR count). The van der Waals surface area contributed by atoms with Crippen LogP contribution < -0.4 is 0 Å². The molecule has 23 heavy (non-hydrogen) atoms. The van der Waals surface area contributed by atoms with Crippen molar-refractivity contribution in [3.8, 4) is 0 Å². The molecular formula is C16H22N4O2S. The van der Waals surface area contributed by atoms with E-state index in [-0.39, 0.29) is 6.04 Å². The van der Waals surface area contributed by atoms with E-state index in [1.807, 2.05) is 16.8 Å². The number of likely N-dealkylation sites (tertiary alicyclic amines) is 1. The summed E-state index contributed by atoms with van der Waals surface area (Å²) in [6, 6.07) is 7.94. The summed E-state index contributed by atoms with van der Waals surface area (Å²) >= 11 is 0. The first-order valence-corrected chi connectivity index (χ1v) is 9.72. The summed E-state index contributed by atoms with van der Waals surface area (Å²) in [6.45, 7) is 4.17. The van der Waals surface area contributed by atoms with Crippen molar-refractivity contribution in [2.75, 3.05) is 19.3 Å². The minimum Gasteiger partial charge on any atom is -0.296 e. The van der Waals surface area contributed by atoms with Crippen LogP contribution in [0.1, 0.15) is 37.4 Å². The maximum absolute atomic E-state index is 11.5. The first kappa shape index (κ1) is 16.1. The second-order valence-electron chi connectivity index (χ2n) is 6.16. The van der Waals surface area contributed by atoms with Gasteiger partial charge in [-0.1, -0.05) is 12.1 Å². The predicted molar refractivity (Wildman–Crippen MR) is 87.8 cm³/mol. The van der Waals surface area contributed by atoms with Crippen LogP contribution in [0.5, 0.6) is 0 Å². The molecule has 124 valence electrons. The fourth-order valence-corrected chi connectivity index (χ4v) is 3.78. The van der Waals surface area contributed by atoms with Gasteiger partial charge in [0.2, 0.25) is 0 Å². The van der Waals surface area contributed by atoms with E-state index in [1.165, 1.54) is 6.26 Å². The van der Waals surface area contributed by atoms with Gasteiger partial charge in [-0.25, -0.2) is 18.1 Å². The van der Waals surface area contributed by atoms with E-state index in [4.69, 9.17) is 0 Å². The smallest absolute Gasteiger partial charge is 0.175 e. The number of aromatic nitrogens is 3. The standard InChI is InChI=1S/C16H22N4O2S/c1-13(14-3-5-16(6-4-14)23(2,21)22)19-9-7-15(8-10-19)20-12-17-11-18-20/h3-6,11-13,15H,7-10H2,1-2H3/t13-/m0/s1. The van der Waals surface area contributed by atoms with Crippen molar-refractivity contribution < 1.29 is 8.42 Å². The van der Waals surface area contributed by atoms with Crippen molar-refractivity contribution in [1.82, 2.24) is 19.7 Å². The van der Waals surface area contributed by atoms with Gasteiger partial charge in [0.05, 0.1) is 10.9 Å². The Balaban J connectivity index is 1.64. The molecule has 1 atom stereocenters. The molecule has 0 radical (unpaired) electrons. The lowest BCUT2D eigenvalue weighted by molar-refractivity contribution is 0.139. The molecule has 0 bridgehead atoms. The van der Waals surface area contributed by atoms with E-state index in [2.05, 4.69) is 21.9 Å². The zero-order valence-corrected chi connectivity index (χ0v) is 14.3. The molecule has 0 unspecified atom stereocenters. The highest BCUT2D eigenvalue weighted by Gasteiger charge is 2.25. The van der Waals surface area contributed by atoms with Crippen LogP contribution in [-0.4, -0.2) is 47.4 Å². The fourth-order valence-electron chi connectivity index (χ4n) is 3.15. The maximum atomic E-state index is 11.5. The molecular weight excluding hydrogens is 312 g/mol. The van der Waals surface area contributed by atoms with Gasteiger partial charge in [-0.3, -0.25) is 4.90 Å². The normalized spacial score (nSPS) is 18.9. The summed E-state index contributed by atoms with van der Waals surface area (Å²) in [4.78, 5) is 6.82. The molecule has 1 fully saturated rings. The van der Waals surface area contributed by atoms with Crippen LogP contribution in [0.3, 0.4) is 0 Å². The van der Waals surface area contributed by atoms with Crippen LogP contribution in [0.2, 0.25) is 0 Å². The minimum atomic E-state index is -3.13. The van der Waals surface area contributed by atoms with Crippen LogP contribution in [0.25, 0.3) is 0 Å². The number of rotatable bonds is 4. The van der Waals surface area contributed by atoms with Crippen LogP contribution in [0.15, 0.2) is 41.8 Å². The lowest BCUT2D eigenvalue weighted by Crippen LogP contribution is -2.36. The zero-order valence-electron chi connectivity index (χ0n) is 13.5. The summed E-state index contributed by atoms with van der Waals surface area (Å²) in [5, 5.41) is 4.23. The number of hydrogen-bond acceptors (Lipinski definition) is 5. The molecule has 7 heteroatoms. The highest BCUT2D eigenvalue weighted by molar-refractivity contribution is 7.90. The van der Waals surface area contributed by atoms with Crippen molar-refractivity contribution in [2.45, 2.75) is 36.7 Å². The molecule has 1 saturated heterocycles. The Morgan fingerprint density at radius 3 is 2.35 bits per heavy atom. The summed E-state index contributed by atoms with van der Waals surface area (Å²) in [5.41, 5.74) is 1.15. The van der Waals surface area contributed by atoms with Crippen molar-refractivity contribution in [3.05, 3.63) is 42.5 Å². The lowest BCUT2D eigenvalue weighted by atomic mass is 10.0. The van der Waals surface area contributed by atoms with Crippen molar-refractivity contribution >= 4 is 9.84 Å². The predicted octanol–water partition coefficient (Wildman–Crippen LogP) is 2.08. The summed E-state index contributed by atoms with van der Waals surface area (Å²) < 4.78 is 25.0. The maximum Gasteiger partial charge on any atom is 0.175 e. The first-order valence-electron chi connectivity index (χ1n) is 7.83. The van der Waals surface area contributed by atoms with Crippen molar-refractivity contribution in [3.63, 3.8) is 0 Å². The Morgan fingerprint density at radius 2 is 1.83 bits per heavy atom. The number of benzene rings is 1. The quantitative estimate of drug-likeness (QED) is 0.856. The second-order valence-corrected chi connectivity index (χ2v) is 8.18. The molecule has 1 aromatic heterocycles. The van der Waals surface area contributed by atoms with E-state index < -0.39 is 9.84 Å². The number of nitrogens with zero attached hydrogens (tertiary/aromatic N) is 4. The van der Waals surface area contributed by atoms with Gasteiger partial charge in [0.15, 0.2) is 9.84 Å². The Kier molecular flexibility index (Phi) is 4.50. The van der Waals surface area contributed by atoms with Gasteiger partial charge in [0, 0.05) is 25.4 Å². The van der Waals surface area contributed by atoms with Crippen LogP contribution in [0.4, 0.5) is 0 Å². The lowest BCUT2D eigenvalue weighted by Gasteiger charge is -2.36. The molecule has 1 aliphatic heterocycles. The monoisotopic (exact) mass is 334 g/mol. The third kappa shape index (κ3) is 3.61. The fraction of sp³-hybridized carbons (Fsp3) is 0.500. The topological polar surface area (TPSA) is 68.1 Å². The average molecular weight is 334 g/mol. The summed E-state index contributed by atoms with van der Waals surface area (Å²) in [5.74, 6) is 0. The van der Waals surface area contributed by atoms with Crippen molar-refractivity contribution in [2.24, 2.45) is 0 Å². The van der Waals surface area contributed by atoms with Gasteiger partial charge in [-0.05, 0) is 37.5 Å². The Morgan fingerprint density at radius 1 is 1.17 bits per heavy atom. The second kappa shape index (κ2) is 6.41. The summed E-state index contributed by atoms with van der Waals surface area (Å²) in [6.07, 6.45) is 6.70.